The van der Waals surface area contributed by atoms with E-state index in [0.29, 0.717) is 89.7 Å². The summed E-state index contributed by atoms with van der Waals surface area (Å²) in [6.45, 7) is 1.77. The number of fused-ring (bicyclic) bond motifs is 6. The Kier molecular flexibility index (Phi) is 21.2. The number of hydrogen-bond acceptors (Lipinski definition) is 7. The fourth-order valence-electron chi connectivity index (χ4n) is 14.7. The molecule has 12 nitrogen and oxygen atoms in total. The van der Waals surface area contributed by atoms with E-state index in [0.717, 1.165) is 104 Å². The second kappa shape index (κ2) is 29.7. The molecule has 0 saturated carbocycles. The number of nitrogens with one attached hydrogen (secondary N) is 3. The zero-order valence-electron chi connectivity index (χ0n) is 53.6. The molecule has 7 aromatic carbocycles. The maximum absolute atomic E-state index is 13.7. The predicted octanol–water partition coefficient (Wildman–Crippen LogP) is 16.3. The molecule has 7 aromatic rings. The van der Waals surface area contributed by atoms with Crippen molar-refractivity contribution in [2.75, 3.05) is 45.9 Å². The van der Waals surface area contributed by atoms with Gasteiger partial charge in [-0.3, -0.25) is 19.2 Å². The average Bonchev–Trinajstić information content (AvgIpc) is 1.57. The molecule has 0 spiro atoms. The molecule has 3 aliphatic carbocycles. The molecule has 2 fully saturated rings. The number of nitrogens with zero attached hydrogens (tertiary/aromatic N) is 2. The second-order valence-electron chi connectivity index (χ2n) is 25.5. The van der Waals surface area contributed by atoms with Crippen molar-refractivity contribution >= 4 is 35.4 Å². The highest BCUT2D eigenvalue weighted by atomic mass is 19.4. The topological polar surface area (TPSA) is 157 Å². The highest BCUT2D eigenvalue weighted by molar-refractivity contribution is 6.03. The van der Waals surface area contributed by atoms with Gasteiger partial charge in [-0.05, 0) is 168 Å². The number of allylic oxidation sites excluding steroid dienone is 4. The lowest BCUT2D eigenvalue weighted by atomic mass is 9.68. The van der Waals surface area contributed by atoms with E-state index in [4.69, 9.17) is 4.74 Å². The smallest absolute Gasteiger partial charge is 0.416 e. The number of likely N-dealkylation sites (tertiary alicyclic amines) is 2. The van der Waals surface area contributed by atoms with Crippen LogP contribution in [0, 0.1) is 5.92 Å². The van der Waals surface area contributed by atoms with Gasteiger partial charge in [0.05, 0.1) is 17.7 Å². The van der Waals surface area contributed by atoms with Gasteiger partial charge in [-0.25, -0.2) is 4.79 Å². The van der Waals surface area contributed by atoms with Crippen molar-refractivity contribution in [1.82, 2.24) is 25.8 Å². The molecule has 4 amide bonds. The summed E-state index contributed by atoms with van der Waals surface area (Å²) in [5, 5.41) is 18.8. The minimum absolute atomic E-state index is 0.00393. The summed E-state index contributed by atoms with van der Waals surface area (Å²) >= 11 is 0. The molecule has 0 bridgehead atoms. The number of ether oxygens (including phenoxy) is 1. The van der Waals surface area contributed by atoms with Crippen LogP contribution in [-0.4, -0.2) is 109 Å². The monoisotopic (exact) mass is 1350 g/mol. The summed E-state index contributed by atoms with van der Waals surface area (Å²) in [6, 6.07) is 45.3. The van der Waals surface area contributed by atoms with E-state index >= 15 is 0 Å². The van der Waals surface area contributed by atoms with Crippen LogP contribution in [0.1, 0.15) is 125 Å². The SMILES string of the molecule is O=C(NC1CCN(C(=O)OCCCCC2(C(=O)NCC(F)(F)F)c3ccccc3-c3ccccc32)CC1)c1ccccc1-c1ccc(C(F)(F)F)cc1.O=C(NC1CCN(CCCCC2(C(=O)O)c3ccccc3C3=CC=CCC32)CC1)c1ccccc1-c1ccc(C(F)(F)F)cc1. The molecule has 98 heavy (non-hydrogen) atoms. The van der Waals surface area contributed by atoms with Crippen LogP contribution in [-0.2, 0) is 37.5 Å². The van der Waals surface area contributed by atoms with Crippen LogP contribution < -0.4 is 16.0 Å². The normalized spacial score (nSPS) is 18.2. The number of benzene rings is 7. The Morgan fingerprint density at radius 1 is 0.520 bits per heavy atom. The number of carbonyl (C=O) groups excluding carboxylic acids is 4. The summed E-state index contributed by atoms with van der Waals surface area (Å²) in [7, 11) is 0. The number of alkyl halides is 9. The quantitative estimate of drug-likeness (QED) is 0.0460. The van der Waals surface area contributed by atoms with Gasteiger partial charge < -0.3 is 35.6 Å². The molecule has 0 aromatic heterocycles. The lowest BCUT2D eigenvalue weighted by Crippen LogP contribution is -2.47. The first-order chi connectivity index (χ1) is 47.0. The first-order valence-corrected chi connectivity index (χ1v) is 33.0. The van der Waals surface area contributed by atoms with Gasteiger partial charge in [0.1, 0.15) is 17.4 Å². The largest absolute Gasteiger partial charge is 0.481 e. The number of carboxylic acid groups (broad SMARTS) is 1. The Labute approximate surface area is 562 Å². The average molecular weight is 1350 g/mol. The van der Waals surface area contributed by atoms with Gasteiger partial charge in [0.2, 0.25) is 5.91 Å². The highest BCUT2D eigenvalue weighted by Gasteiger charge is 2.54. The van der Waals surface area contributed by atoms with E-state index in [9.17, 15) is 68.6 Å². The zero-order chi connectivity index (χ0) is 69.4. The van der Waals surface area contributed by atoms with Gasteiger partial charge in [-0.1, -0.05) is 158 Å². The van der Waals surface area contributed by atoms with Gasteiger partial charge in [-0.15, -0.1) is 0 Å². The molecule has 2 aliphatic heterocycles. The Morgan fingerprint density at radius 2 is 0.980 bits per heavy atom. The molecule has 0 radical (unpaired) electrons. The third-order valence-corrected chi connectivity index (χ3v) is 19.6. The van der Waals surface area contributed by atoms with Crippen molar-refractivity contribution in [3.63, 3.8) is 0 Å². The number of piperidine rings is 2. The number of unbranched alkanes of at least 4 members (excludes halogenated alkanes) is 2. The van der Waals surface area contributed by atoms with Crippen molar-refractivity contribution in [1.29, 1.82) is 0 Å². The van der Waals surface area contributed by atoms with E-state index in [1.165, 1.54) is 29.2 Å². The fraction of sp³-hybridized carbons (Fsp3) is 0.338. The Hall–Kier alpha value is -9.50. The highest BCUT2D eigenvalue weighted by Crippen LogP contribution is 2.56. The van der Waals surface area contributed by atoms with E-state index < -0.39 is 65.0 Å². The van der Waals surface area contributed by atoms with Gasteiger partial charge in [-0.2, -0.15) is 39.5 Å². The molecule has 2 heterocycles. The molecule has 21 heteroatoms. The third kappa shape index (κ3) is 15.3. The Bertz CT molecular complexity index is 4050. The van der Waals surface area contributed by atoms with Crippen LogP contribution >= 0.6 is 0 Å². The second-order valence-corrected chi connectivity index (χ2v) is 25.5. The number of carbonyl (C=O) groups is 5. The number of halogens is 9. The maximum atomic E-state index is 13.7. The number of aliphatic carboxylic acids is 1. The third-order valence-electron chi connectivity index (χ3n) is 19.6. The van der Waals surface area contributed by atoms with Crippen molar-refractivity contribution in [3.8, 4) is 33.4 Å². The van der Waals surface area contributed by atoms with Crippen molar-refractivity contribution in [2.45, 2.75) is 112 Å². The summed E-state index contributed by atoms with van der Waals surface area (Å²) in [5.41, 5.74) is 5.13. The molecule has 2 unspecified atom stereocenters. The van der Waals surface area contributed by atoms with Crippen molar-refractivity contribution in [2.24, 2.45) is 5.92 Å². The number of rotatable bonds is 19. The summed E-state index contributed by atoms with van der Waals surface area (Å²) in [4.78, 5) is 69.9. The number of carboxylic acids is 1. The van der Waals surface area contributed by atoms with Crippen LogP contribution in [0.4, 0.5) is 44.3 Å². The molecule has 512 valence electrons. The Morgan fingerprint density at radius 3 is 1.48 bits per heavy atom. The van der Waals surface area contributed by atoms with Gasteiger partial charge in [0, 0.05) is 55.3 Å². The lowest BCUT2D eigenvalue weighted by molar-refractivity contribution is -0.145. The summed E-state index contributed by atoms with van der Waals surface area (Å²) < 4.78 is 123. The predicted molar refractivity (Wildman–Crippen MR) is 355 cm³/mol. The Balaban J connectivity index is 0.000000201. The summed E-state index contributed by atoms with van der Waals surface area (Å²) in [5.74, 6) is -2.12. The van der Waals surface area contributed by atoms with Crippen LogP contribution in [0.25, 0.3) is 39.0 Å². The summed E-state index contributed by atoms with van der Waals surface area (Å²) in [6.07, 6.45) is -1.30. The maximum Gasteiger partial charge on any atom is 0.416 e. The van der Waals surface area contributed by atoms with Gasteiger partial charge in [0.25, 0.3) is 11.8 Å². The molecule has 4 N–H and O–H groups in total. The molecular weight excluding hydrogens is 1280 g/mol. The van der Waals surface area contributed by atoms with Crippen LogP contribution in [0.3, 0.4) is 0 Å². The van der Waals surface area contributed by atoms with Crippen LogP contribution in [0.2, 0.25) is 0 Å². The van der Waals surface area contributed by atoms with Crippen molar-refractivity contribution < 1.29 is 73.3 Å². The lowest BCUT2D eigenvalue weighted by Gasteiger charge is -2.34. The first-order valence-electron chi connectivity index (χ1n) is 33.0. The molecule has 12 rings (SSSR count). The first kappa shape index (κ1) is 69.8. The van der Waals surface area contributed by atoms with E-state index in [2.05, 4.69) is 33.0 Å². The van der Waals surface area contributed by atoms with Crippen molar-refractivity contribution in [3.05, 3.63) is 233 Å². The standard InChI is InChI=1S/C40H37F6N3O4.C37H37F3N2O3/c41-39(42,43)25-47-36(51)38(33-13-5-3-10-30(33)31-11-4-6-14-34(31)38)21-7-8-24-53-37(52)49-22-19-28(20-23-49)48-35(50)32-12-2-1-9-29(32)26-15-17-27(18-16-26)40(44,45)46;38-37(39,40)26-17-15-25(16-18-26)28-9-1-2-12-31(28)34(43)41-27-19-23-42(24-20-27)22-8-7-21-36(35(44)45)32-13-5-3-10-29(32)30-11-4-6-14-33(30)36/h1-6,9-18,28H,7-8,19-25H2,(H,47,51)(H,48,50);1-6,9-13,15-18,27,33H,7-8,14,19-24H2,(H,41,43)(H,44,45). The van der Waals surface area contributed by atoms with Crippen LogP contribution in [0.15, 0.2) is 188 Å². The number of amides is 4. The zero-order valence-corrected chi connectivity index (χ0v) is 53.6. The van der Waals surface area contributed by atoms with Gasteiger partial charge in [0.15, 0.2) is 0 Å². The molecule has 2 atom stereocenters. The fourth-order valence-corrected chi connectivity index (χ4v) is 14.7. The minimum Gasteiger partial charge on any atom is -0.481 e. The van der Waals surface area contributed by atoms with E-state index in [1.54, 1.807) is 72.8 Å². The molecular formula is C77H74F9N5O7. The van der Waals surface area contributed by atoms with Gasteiger partial charge >= 0.3 is 30.6 Å². The molecule has 2 saturated heterocycles. The van der Waals surface area contributed by atoms with Crippen LogP contribution in [0.5, 0.6) is 0 Å². The van der Waals surface area contributed by atoms with E-state index in [-0.39, 0.29) is 42.8 Å². The minimum atomic E-state index is -4.58. The number of hydrogen-bond donors (Lipinski definition) is 4. The van der Waals surface area contributed by atoms with E-state index in [1.807, 2.05) is 54.6 Å². The molecule has 5 aliphatic rings.